The van der Waals surface area contributed by atoms with E-state index in [0.29, 0.717) is 12.2 Å². The highest BCUT2D eigenvalue weighted by Gasteiger charge is 2.47. The Bertz CT molecular complexity index is 916. The van der Waals surface area contributed by atoms with Crippen molar-refractivity contribution in [3.63, 3.8) is 0 Å². The molecule has 0 aromatic heterocycles. The molecule has 154 valence electrons. The number of hydrogen-bond acceptors (Lipinski definition) is 5. The summed E-state index contributed by atoms with van der Waals surface area (Å²) < 4.78 is 57.3. The quantitative estimate of drug-likeness (QED) is 0.224. The molecule has 0 saturated heterocycles. The Balaban J connectivity index is 2.48. The molecule has 2 rings (SSSR count). The molecule has 0 bridgehead atoms. The number of allylic oxidation sites excluding steroid dienone is 2. The lowest BCUT2D eigenvalue weighted by atomic mass is 9.84. The van der Waals surface area contributed by atoms with Gasteiger partial charge in [-0.3, -0.25) is 19.7 Å². The molecule has 1 aromatic carbocycles. The lowest BCUT2D eigenvalue weighted by molar-refractivity contribution is -0.501. The maximum absolute atomic E-state index is 13.1. The number of benzene rings is 1. The fourth-order valence-electron chi connectivity index (χ4n) is 2.79. The molecule has 0 fully saturated rings. The highest BCUT2D eigenvalue weighted by atomic mass is 19.4. The highest BCUT2D eigenvalue weighted by molar-refractivity contribution is 6.19. The van der Waals surface area contributed by atoms with Crippen LogP contribution in [-0.2, 0) is 9.53 Å². The van der Waals surface area contributed by atoms with Gasteiger partial charge in [0, 0.05) is 22.7 Å². The molecule has 6 nitrogen and oxygen atoms in total. The van der Waals surface area contributed by atoms with Crippen molar-refractivity contribution in [1.82, 2.24) is 0 Å². The van der Waals surface area contributed by atoms with Crippen LogP contribution in [0.3, 0.4) is 0 Å². The van der Waals surface area contributed by atoms with Crippen molar-refractivity contribution in [2.75, 3.05) is 6.61 Å². The van der Waals surface area contributed by atoms with Gasteiger partial charge in [-0.25, -0.2) is 4.39 Å². The zero-order valence-corrected chi connectivity index (χ0v) is 15.0. The van der Waals surface area contributed by atoms with Gasteiger partial charge >= 0.3 is 6.18 Å². The highest BCUT2D eigenvalue weighted by Crippen LogP contribution is 2.37. The number of nitro groups is 1. The molecule has 0 N–H and O–H groups in total. The van der Waals surface area contributed by atoms with Crippen LogP contribution in [0.2, 0.25) is 0 Å². The van der Waals surface area contributed by atoms with E-state index in [9.17, 15) is 37.3 Å². The van der Waals surface area contributed by atoms with Gasteiger partial charge in [0.2, 0.25) is 5.78 Å². The number of carbonyl (C=O) groups excluding carboxylic acids is 2. The van der Waals surface area contributed by atoms with Gasteiger partial charge in [0.15, 0.2) is 11.9 Å². The van der Waals surface area contributed by atoms with Crippen LogP contribution in [0, 0.1) is 15.9 Å². The molecular weight excluding hydrogens is 398 g/mol. The molecule has 29 heavy (non-hydrogen) atoms. The van der Waals surface area contributed by atoms with Crippen molar-refractivity contribution in [1.29, 1.82) is 0 Å². The first-order chi connectivity index (χ1) is 13.5. The molecule has 10 heteroatoms. The molecule has 1 aliphatic rings. The van der Waals surface area contributed by atoms with E-state index in [1.807, 2.05) is 0 Å². The van der Waals surface area contributed by atoms with E-state index in [0.717, 1.165) is 24.3 Å². The number of Topliss-reactive ketones (excluding diaryl/α,β-unsaturated/α-hetero) is 2. The van der Waals surface area contributed by atoms with Crippen LogP contribution in [0.15, 0.2) is 59.7 Å². The second-order valence-corrected chi connectivity index (χ2v) is 5.98. The molecule has 1 aromatic rings. The Hall–Kier alpha value is -3.14. The van der Waals surface area contributed by atoms with Crippen LogP contribution in [0.25, 0.3) is 0 Å². The van der Waals surface area contributed by atoms with Gasteiger partial charge in [0.05, 0.1) is 11.1 Å². The summed E-state index contributed by atoms with van der Waals surface area (Å²) in [6, 6.07) is 1.95. The Morgan fingerprint density at radius 1 is 1.21 bits per heavy atom. The fraction of sp³-hybridized carbons (Fsp3) is 0.263. The maximum atomic E-state index is 13.1. The molecule has 0 amide bonds. The van der Waals surface area contributed by atoms with Gasteiger partial charge in [0.1, 0.15) is 5.82 Å². The standard InChI is InChI=1S/C19H15F4NO5/c1-3-29-18(16(25)11-4-6-12(20)7-5-11)17(26)13-8-9-14(19(21,22)23)10(2)15(13)24(27)28/h4-9,15,18H,2-3H2,1H3. The van der Waals surface area contributed by atoms with E-state index in [2.05, 4.69) is 6.58 Å². The van der Waals surface area contributed by atoms with E-state index in [1.54, 1.807) is 0 Å². The fourth-order valence-corrected chi connectivity index (χ4v) is 2.79. The third-order valence-electron chi connectivity index (χ3n) is 4.14. The summed E-state index contributed by atoms with van der Waals surface area (Å²) in [6.07, 6.45) is -5.59. The molecule has 0 heterocycles. The second-order valence-electron chi connectivity index (χ2n) is 5.98. The lowest BCUT2D eigenvalue weighted by Crippen LogP contribution is -2.41. The summed E-state index contributed by atoms with van der Waals surface area (Å²) in [5, 5.41) is 11.4. The Labute approximate surface area is 162 Å². The first kappa shape index (κ1) is 22.2. The summed E-state index contributed by atoms with van der Waals surface area (Å²) in [4.78, 5) is 35.8. The Kier molecular flexibility index (Phi) is 6.48. The minimum absolute atomic E-state index is 0.0994. The van der Waals surface area contributed by atoms with Crippen molar-refractivity contribution >= 4 is 11.6 Å². The smallest absolute Gasteiger partial charge is 0.362 e. The number of halogens is 4. The number of rotatable bonds is 7. The zero-order valence-electron chi connectivity index (χ0n) is 15.0. The number of ketones is 2. The van der Waals surface area contributed by atoms with Gasteiger partial charge in [-0.15, -0.1) is 0 Å². The average Bonchev–Trinajstić information content (AvgIpc) is 2.64. The summed E-state index contributed by atoms with van der Waals surface area (Å²) in [7, 11) is 0. The Morgan fingerprint density at radius 3 is 2.28 bits per heavy atom. The largest absolute Gasteiger partial charge is 0.416 e. The normalized spacial score (nSPS) is 18.0. The van der Waals surface area contributed by atoms with Crippen LogP contribution < -0.4 is 0 Å². The van der Waals surface area contributed by atoms with E-state index in [-0.39, 0.29) is 12.2 Å². The molecule has 0 spiro atoms. The van der Waals surface area contributed by atoms with Gasteiger partial charge < -0.3 is 4.74 Å². The van der Waals surface area contributed by atoms with Crippen LogP contribution >= 0.6 is 0 Å². The van der Waals surface area contributed by atoms with E-state index < -0.39 is 57.3 Å². The summed E-state index contributed by atoms with van der Waals surface area (Å²) in [5.41, 5.74) is -3.02. The van der Waals surface area contributed by atoms with Crippen molar-refractivity contribution in [3.05, 3.63) is 81.2 Å². The monoisotopic (exact) mass is 413 g/mol. The summed E-state index contributed by atoms with van der Waals surface area (Å²) >= 11 is 0. The summed E-state index contributed by atoms with van der Waals surface area (Å²) in [6.45, 7) is 4.45. The number of hydrogen-bond donors (Lipinski definition) is 0. The molecule has 0 aliphatic heterocycles. The molecule has 0 saturated carbocycles. The van der Waals surface area contributed by atoms with E-state index in [4.69, 9.17) is 4.74 Å². The van der Waals surface area contributed by atoms with E-state index >= 15 is 0 Å². The third kappa shape index (κ3) is 4.65. The van der Waals surface area contributed by atoms with Crippen molar-refractivity contribution in [3.8, 4) is 0 Å². The van der Waals surface area contributed by atoms with Gasteiger partial charge in [0.25, 0.3) is 6.04 Å². The topological polar surface area (TPSA) is 86.5 Å². The predicted octanol–water partition coefficient (Wildman–Crippen LogP) is 3.61. The number of alkyl halides is 3. The lowest BCUT2D eigenvalue weighted by Gasteiger charge is -2.24. The summed E-state index contributed by atoms with van der Waals surface area (Å²) in [5.74, 6) is -2.71. The number of carbonyl (C=O) groups is 2. The number of ether oxygens (including phenoxy) is 1. The number of nitrogens with zero attached hydrogens (tertiary/aromatic N) is 1. The molecule has 2 atom stereocenters. The van der Waals surface area contributed by atoms with Crippen LogP contribution in [0.5, 0.6) is 0 Å². The SMILES string of the molecule is C=C1C(C(F)(F)F)=CC=C(C(=O)C(OCC)C(=O)c2ccc(F)cc2)C1[N+](=O)[O-]. The van der Waals surface area contributed by atoms with Crippen LogP contribution in [0.4, 0.5) is 17.6 Å². The zero-order chi connectivity index (χ0) is 21.9. The minimum Gasteiger partial charge on any atom is -0.362 e. The molecule has 1 aliphatic carbocycles. The van der Waals surface area contributed by atoms with Gasteiger partial charge in [-0.2, -0.15) is 13.2 Å². The van der Waals surface area contributed by atoms with Crippen molar-refractivity contribution in [2.45, 2.75) is 25.2 Å². The van der Waals surface area contributed by atoms with Crippen molar-refractivity contribution in [2.24, 2.45) is 0 Å². The predicted molar refractivity (Wildman–Crippen MR) is 93.3 cm³/mol. The average molecular weight is 413 g/mol. The first-order valence-corrected chi connectivity index (χ1v) is 8.26. The maximum Gasteiger partial charge on any atom is 0.416 e. The van der Waals surface area contributed by atoms with Gasteiger partial charge in [-0.05, 0) is 43.3 Å². The Morgan fingerprint density at radius 2 is 1.79 bits per heavy atom. The van der Waals surface area contributed by atoms with Gasteiger partial charge in [-0.1, -0.05) is 6.58 Å². The molecular formula is C19H15F4NO5. The molecule has 0 radical (unpaired) electrons. The minimum atomic E-state index is -4.90. The third-order valence-corrected chi connectivity index (χ3v) is 4.14. The second kappa shape index (κ2) is 8.48. The van der Waals surface area contributed by atoms with Crippen LogP contribution in [0.1, 0.15) is 17.3 Å². The van der Waals surface area contributed by atoms with Crippen molar-refractivity contribution < 1.29 is 36.8 Å². The van der Waals surface area contributed by atoms with Crippen LogP contribution in [-0.4, -0.2) is 41.4 Å². The molecule has 2 unspecified atom stereocenters. The first-order valence-electron chi connectivity index (χ1n) is 8.26. The van der Waals surface area contributed by atoms with E-state index in [1.165, 1.54) is 6.92 Å².